The minimum Gasteiger partial charge on any atom is -0.352 e. The van der Waals surface area contributed by atoms with Gasteiger partial charge in [-0.05, 0) is 32.4 Å². The first-order valence-corrected chi connectivity index (χ1v) is 7.25. The lowest BCUT2D eigenvalue weighted by Crippen LogP contribution is -2.30. The summed E-state index contributed by atoms with van der Waals surface area (Å²) in [5.41, 5.74) is 2.64. The fourth-order valence-electron chi connectivity index (χ4n) is 2.63. The van der Waals surface area contributed by atoms with Crippen LogP contribution in [0.4, 0.5) is 0 Å². The number of amides is 1. The van der Waals surface area contributed by atoms with E-state index < -0.39 is 0 Å². The summed E-state index contributed by atoms with van der Waals surface area (Å²) in [5.74, 6) is 0.921. The van der Waals surface area contributed by atoms with E-state index in [4.69, 9.17) is 11.6 Å². The maximum atomic E-state index is 11.3. The van der Waals surface area contributed by atoms with Crippen molar-refractivity contribution in [1.82, 2.24) is 19.9 Å². The third-order valence-electron chi connectivity index (χ3n) is 3.60. The molecule has 2 atom stereocenters. The number of nitrogens with zero attached hydrogens (tertiary/aromatic N) is 3. The van der Waals surface area contributed by atoms with E-state index in [-0.39, 0.29) is 17.3 Å². The van der Waals surface area contributed by atoms with Gasteiger partial charge in [0, 0.05) is 24.7 Å². The van der Waals surface area contributed by atoms with Crippen LogP contribution in [0.3, 0.4) is 0 Å². The number of imidazole rings is 1. The highest BCUT2D eigenvalue weighted by molar-refractivity contribution is 6.20. The molecule has 106 valence electrons. The van der Waals surface area contributed by atoms with Crippen LogP contribution in [-0.2, 0) is 11.3 Å². The maximum Gasteiger partial charge on any atom is 0.220 e. The van der Waals surface area contributed by atoms with Gasteiger partial charge in [0.25, 0.3) is 0 Å². The smallest absolute Gasteiger partial charge is 0.220 e. The molecule has 1 aliphatic heterocycles. The van der Waals surface area contributed by atoms with Crippen molar-refractivity contribution in [3.63, 3.8) is 0 Å². The van der Waals surface area contributed by atoms with Crippen molar-refractivity contribution in [2.45, 2.75) is 44.7 Å². The number of carbonyl (C=O) groups is 1. The number of pyridine rings is 1. The molecule has 6 heteroatoms. The van der Waals surface area contributed by atoms with Gasteiger partial charge in [-0.15, -0.1) is 11.6 Å². The van der Waals surface area contributed by atoms with E-state index in [1.165, 1.54) is 0 Å². The summed E-state index contributed by atoms with van der Waals surface area (Å²) in [5, 5.41) is 2.79. The van der Waals surface area contributed by atoms with Crippen molar-refractivity contribution in [1.29, 1.82) is 0 Å². The molecule has 3 heterocycles. The van der Waals surface area contributed by atoms with Gasteiger partial charge in [0.15, 0.2) is 5.65 Å². The number of nitrogens with one attached hydrogen (secondary N) is 1. The molecule has 0 saturated carbocycles. The van der Waals surface area contributed by atoms with Gasteiger partial charge in [-0.1, -0.05) is 0 Å². The van der Waals surface area contributed by atoms with Crippen LogP contribution in [0.1, 0.15) is 36.7 Å². The number of aromatic nitrogens is 3. The number of halogens is 1. The molecule has 0 bridgehead atoms. The SMILES string of the molecule is Cc1ccc2nc(C(C)Cl)n(CC3CCC(=O)N3)c2n1. The Hall–Kier alpha value is -1.62. The zero-order chi connectivity index (χ0) is 14.3. The molecule has 0 spiro atoms. The molecule has 2 aromatic rings. The quantitative estimate of drug-likeness (QED) is 0.883. The van der Waals surface area contributed by atoms with Crippen LogP contribution < -0.4 is 5.32 Å². The van der Waals surface area contributed by atoms with E-state index in [1.807, 2.05) is 30.5 Å². The van der Waals surface area contributed by atoms with E-state index in [2.05, 4.69) is 15.3 Å². The normalized spacial score (nSPS) is 20.4. The summed E-state index contributed by atoms with van der Waals surface area (Å²) in [6.07, 6.45) is 1.44. The molecular formula is C14H17ClN4O. The molecule has 5 nitrogen and oxygen atoms in total. The van der Waals surface area contributed by atoms with Crippen LogP contribution in [0, 0.1) is 6.92 Å². The Labute approximate surface area is 122 Å². The minimum absolute atomic E-state index is 0.115. The van der Waals surface area contributed by atoms with Gasteiger partial charge < -0.3 is 9.88 Å². The summed E-state index contributed by atoms with van der Waals surface area (Å²) in [7, 11) is 0. The standard InChI is InChI=1S/C14H17ClN4O/c1-8-3-5-11-14(16-8)19(13(18-11)9(2)15)7-10-4-6-12(20)17-10/h3,5,9-10H,4,6-7H2,1-2H3,(H,17,20). The molecule has 1 amide bonds. The fourth-order valence-corrected chi connectivity index (χ4v) is 2.80. The molecule has 1 fully saturated rings. The predicted octanol–water partition coefficient (Wildman–Crippen LogP) is 2.32. The lowest BCUT2D eigenvalue weighted by Gasteiger charge is -2.15. The topological polar surface area (TPSA) is 59.8 Å². The number of aryl methyl sites for hydroxylation is 1. The van der Waals surface area contributed by atoms with Crippen molar-refractivity contribution in [3.05, 3.63) is 23.7 Å². The second-order valence-electron chi connectivity index (χ2n) is 5.30. The second kappa shape index (κ2) is 5.05. The van der Waals surface area contributed by atoms with Crippen LogP contribution in [0.2, 0.25) is 0 Å². The van der Waals surface area contributed by atoms with Crippen molar-refractivity contribution < 1.29 is 4.79 Å². The molecule has 0 aromatic carbocycles. The Morgan fingerprint density at radius 3 is 2.95 bits per heavy atom. The highest BCUT2D eigenvalue weighted by Crippen LogP contribution is 2.25. The molecule has 20 heavy (non-hydrogen) atoms. The van der Waals surface area contributed by atoms with Crippen LogP contribution in [-0.4, -0.2) is 26.5 Å². The minimum atomic E-state index is -0.193. The maximum absolute atomic E-state index is 11.3. The summed E-state index contributed by atoms with van der Waals surface area (Å²) < 4.78 is 2.04. The highest BCUT2D eigenvalue weighted by Gasteiger charge is 2.24. The molecule has 1 saturated heterocycles. The van der Waals surface area contributed by atoms with Crippen LogP contribution in [0.5, 0.6) is 0 Å². The van der Waals surface area contributed by atoms with Crippen molar-refractivity contribution in [3.8, 4) is 0 Å². The Morgan fingerprint density at radius 2 is 2.30 bits per heavy atom. The van der Waals surface area contributed by atoms with E-state index >= 15 is 0 Å². The number of hydrogen-bond acceptors (Lipinski definition) is 3. The van der Waals surface area contributed by atoms with Gasteiger partial charge in [-0.3, -0.25) is 4.79 Å². The average molecular weight is 293 g/mol. The lowest BCUT2D eigenvalue weighted by atomic mass is 10.2. The van der Waals surface area contributed by atoms with Crippen LogP contribution >= 0.6 is 11.6 Å². The van der Waals surface area contributed by atoms with E-state index in [1.54, 1.807) is 0 Å². The molecule has 2 aromatic heterocycles. The van der Waals surface area contributed by atoms with Crippen LogP contribution in [0.15, 0.2) is 12.1 Å². The second-order valence-corrected chi connectivity index (χ2v) is 5.95. The van der Waals surface area contributed by atoms with Gasteiger partial charge in [0.2, 0.25) is 5.91 Å². The number of hydrogen-bond donors (Lipinski definition) is 1. The molecule has 0 radical (unpaired) electrons. The van der Waals surface area contributed by atoms with Crippen molar-refractivity contribution in [2.75, 3.05) is 0 Å². The molecule has 2 unspecified atom stereocenters. The van der Waals surface area contributed by atoms with E-state index in [9.17, 15) is 4.79 Å². The zero-order valence-electron chi connectivity index (χ0n) is 11.6. The third-order valence-corrected chi connectivity index (χ3v) is 3.80. The predicted molar refractivity (Wildman–Crippen MR) is 77.7 cm³/mol. The Bertz CT molecular complexity index is 664. The van der Waals surface area contributed by atoms with Crippen molar-refractivity contribution in [2.24, 2.45) is 0 Å². The largest absolute Gasteiger partial charge is 0.352 e. The first-order chi connectivity index (χ1) is 9.54. The molecular weight excluding hydrogens is 276 g/mol. The molecule has 3 rings (SSSR count). The fraction of sp³-hybridized carbons (Fsp3) is 0.500. The van der Waals surface area contributed by atoms with E-state index in [0.29, 0.717) is 13.0 Å². The number of alkyl halides is 1. The van der Waals surface area contributed by atoms with Gasteiger partial charge in [0.1, 0.15) is 11.3 Å². The average Bonchev–Trinajstić information content (AvgIpc) is 2.95. The van der Waals surface area contributed by atoms with E-state index in [0.717, 1.165) is 29.1 Å². The number of rotatable bonds is 3. The Morgan fingerprint density at radius 1 is 1.50 bits per heavy atom. The zero-order valence-corrected chi connectivity index (χ0v) is 12.3. The Kier molecular flexibility index (Phi) is 3.38. The molecule has 1 aliphatic rings. The molecule has 0 aliphatic carbocycles. The summed E-state index contributed by atoms with van der Waals surface area (Å²) in [6.45, 7) is 4.53. The van der Waals surface area contributed by atoms with Gasteiger partial charge in [-0.2, -0.15) is 0 Å². The number of carbonyl (C=O) groups excluding carboxylic acids is 1. The lowest BCUT2D eigenvalue weighted by molar-refractivity contribution is -0.119. The third kappa shape index (κ3) is 2.38. The first-order valence-electron chi connectivity index (χ1n) is 6.82. The van der Waals surface area contributed by atoms with Gasteiger partial charge in [-0.25, -0.2) is 9.97 Å². The molecule has 1 N–H and O–H groups in total. The van der Waals surface area contributed by atoms with Gasteiger partial charge in [0.05, 0.1) is 5.38 Å². The monoisotopic (exact) mass is 292 g/mol. The highest BCUT2D eigenvalue weighted by atomic mass is 35.5. The van der Waals surface area contributed by atoms with Crippen LogP contribution in [0.25, 0.3) is 11.2 Å². The summed E-state index contributed by atoms with van der Waals surface area (Å²) >= 11 is 6.24. The Balaban J connectivity index is 2.03. The number of fused-ring (bicyclic) bond motifs is 1. The first kappa shape index (κ1) is 13.4. The summed E-state index contributed by atoms with van der Waals surface area (Å²) in [6, 6.07) is 4.04. The van der Waals surface area contributed by atoms with Gasteiger partial charge >= 0.3 is 0 Å². The summed E-state index contributed by atoms with van der Waals surface area (Å²) in [4.78, 5) is 20.5. The van der Waals surface area contributed by atoms with Crippen molar-refractivity contribution >= 4 is 28.7 Å².